The number of hydrogen-bond donors (Lipinski definition) is 0. The predicted molar refractivity (Wildman–Crippen MR) is 62.9 cm³/mol. The molecule has 1 aromatic heterocycles. The van der Waals surface area contributed by atoms with Gasteiger partial charge in [0.25, 0.3) is 0 Å². The largest absolute Gasteiger partial charge is 0.346 e. The maximum atomic E-state index is 5.44. The number of benzene rings is 1. The van der Waals surface area contributed by atoms with Gasteiger partial charge in [0.1, 0.15) is 0 Å². The lowest BCUT2D eigenvalue weighted by atomic mass is 10.2. The monoisotopic (exact) mass is 230 g/mol. The smallest absolute Gasteiger partial charge is 0.184 e. The van der Waals surface area contributed by atoms with Crippen molar-refractivity contribution in [2.24, 2.45) is 0 Å². The van der Waals surface area contributed by atoms with Crippen molar-refractivity contribution in [2.45, 2.75) is 13.2 Å². The van der Waals surface area contributed by atoms with E-state index in [4.69, 9.17) is 9.47 Å². The van der Waals surface area contributed by atoms with Gasteiger partial charge in [0.15, 0.2) is 6.29 Å². The Morgan fingerprint density at radius 3 is 2.47 bits per heavy atom. The highest BCUT2D eigenvalue weighted by molar-refractivity contribution is 5.34. The fourth-order valence-electron chi connectivity index (χ4n) is 1.89. The average Bonchev–Trinajstić information content (AvgIpc) is 3.00. The van der Waals surface area contributed by atoms with Crippen molar-refractivity contribution in [2.75, 3.05) is 13.2 Å². The standard InChI is InChI=1S/C13H14N2O2/c1-10-8-14-15(9-10)12-4-2-11(3-5-12)13-16-6-7-17-13/h2-5,8-9,13H,6-7H2,1H3. The van der Waals surface area contributed by atoms with Crippen LogP contribution in [0.25, 0.3) is 5.69 Å². The lowest BCUT2D eigenvalue weighted by Crippen LogP contribution is -1.99. The van der Waals surface area contributed by atoms with Gasteiger partial charge in [0, 0.05) is 11.8 Å². The van der Waals surface area contributed by atoms with Crippen LogP contribution in [0.1, 0.15) is 17.4 Å². The van der Waals surface area contributed by atoms with E-state index >= 15 is 0 Å². The first kappa shape index (κ1) is 10.5. The molecular weight excluding hydrogens is 216 g/mol. The van der Waals surface area contributed by atoms with E-state index in [-0.39, 0.29) is 6.29 Å². The van der Waals surface area contributed by atoms with Crippen LogP contribution in [0.15, 0.2) is 36.7 Å². The minimum atomic E-state index is -0.205. The maximum absolute atomic E-state index is 5.44. The molecule has 1 fully saturated rings. The molecule has 17 heavy (non-hydrogen) atoms. The van der Waals surface area contributed by atoms with Crippen molar-refractivity contribution >= 4 is 0 Å². The first-order valence-electron chi connectivity index (χ1n) is 5.68. The second kappa shape index (κ2) is 4.31. The quantitative estimate of drug-likeness (QED) is 0.793. The second-order valence-corrected chi connectivity index (χ2v) is 4.13. The van der Waals surface area contributed by atoms with Gasteiger partial charge in [0.05, 0.1) is 25.1 Å². The molecule has 0 aliphatic carbocycles. The lowest BCUT2D eigenvalue weighted by molar-refractivity contribution is -0.0441. The van der Waals surface area contributed by atoms with Crippen LogP contribution >= 0.6 is 0 Å². The summed E-state index contributed by atoms with van der Waals surface area (Å²) in [6.07, 6.45) is 3.64. The molecule has 88 valence electrons. The second-order valence-electron chi connectivity index (χ2n) is 4.13. The van der Waals surface area contributed by atoms with Gasteiger partial charge in [-0.05, 0) is 24.6 Å². The minimum Gasteiger partial charge on any atom is -0.346 e. The summed E-state index contributed by atoms with van der Waals surface area (Å²) < 4.78 is 12.7. The Labute approximate surface area is 99.8 Å². The first-order valence-corrected chi connectivity index (χ1v) is 5.68. The molecule has 0 bridgehead atoms. The van der Waals surface area contributed by atoms with Crippen molar-refractivity contribution in [3.8, 4) is 5.69 Å². The maximum Gasteiger partial charge on any atom is 0.184 e. The normalized spacial score (nSPS) is 16.5. The van der Waals surface area contributed by atoms with Gasteiger partial charge < -0.3 is 9.47 Å². The zero-order chi connectivity index (χ0) is 11.7. The molecule has 0 unspecified atom stereocenters. The van der Waals surface area contributed by atoms with Crippen LogP contribution in [0.3, 0.4) is 0 Å². The molecule has 1 saturated heterocycles. The highest BCUT2D eigenvalue weighted by atomic mass is 16.7. The molecule has 3 rings (SSSR count). The molecular formula is C13H14N2O2. The Bertz CT molecular complexity index is 498. The lowest BCUT2D eigenvalue weighted by Gasteiger charge is -2.09. The van der Waals surface area contributed by atoms with Crippen LogP contribution in [-0.2, 0) is 9.47 Å². The minimum absolute atomic E-state index is 0.205. The van der Waals surface area contributed by atoms with Gasteiger partial charge in [-0.15, -0.1) is 0 Å². The number of nitrogens with zero attached hydrogens (tertiary/aromatic N) is 2. The van der Waals surface area contributed by atoms with E-state index in [0.29, 0.717) is 13.2 Å². The molecule has 0 saturated carbocycles. The molecule has 1 aromatic carbocycles. The zero-order valence-corrected chi connectivity index (χ0v) is 9.67. The molecule has 0 spiro atoms. The van der Waals surface area contributed by atoms with E-state index in [1.54, 1.807) is 0 Å². The SMILES string of the molecule is Cc1cnn(-c2ccc(C3OCCO3)cc2)c1. The molecule has 0 N–H and O–H groups in total. The Balaban J connectivity index is 1.84. The molecule has 0 atom stereocenters. The molecule has 4 nitrogen and oxygen atoms in total. The Morgan fingerprint density at radius 2 is 1.88 bits per heavy atom. The van der Waals surface area contributed by atoms with Gasteiger partial charge in [-0.2, -0.15) is 5.10 Å². The van der Waals surface area contributed by atoms with Crippen LogP contribution in [0.4, 0.5) is 0 Å². The van der Waals surface area contributed by atoms with Crippen molar-refractivity contribution < 1.29 is 9.47 Å². The number of aryl methyl sites for hydroxylation is 1. The summed E-state index contributed by atoms with van der Waals surface area (Å²) in [6.45, 7) is 3.37. The Kier molecular flexibility index (Phi) is 2.66. The van der Waals surface area contributed by atoms with Gasteiger partial charge >= 0.3 is 0 Å². The average molecular weight is 230 g/mol. The summed E-state index contributed by atoms with van der Waals surface area (Å²) in [7, 11) is 0. The summed E-state index contributed by atoms with van der Waals surface area (Å²) in [4.78, 5) is 0. The van der Waals surface area contributed by atoms with Crippen molar-refractivity contribution in [1.82, 2.24) is 9.78 Å². The Hall–Kier alpha value is -1.65. The van der Waals surface area contributed by atoms with Gasteiger partial charge in [-0.3, -0.25) is 0 Å². The third-order valence-electron chi connectivity index (χ3n) is 2.76. The first-order chi connectivity index (χ1) is 8.33. The van der Waals surface area contributed by atoms with Crippen LogP contribution in [0.2, 0.25) is 0 Å². The third kappa shape index (κ3) is 2.09. The molecule has 1 aliphatic rings. The predicted octanol–water partition coefficient (Wildman–Crippen LogP) is 2.23. The molecule has 0 amide bonds. The van der Waals surface area contributed by atoms with Crippen LogP contribution in [0, 0.1) is 6.92 Å². The molecule has 2 aromatic rings. The summed E-state index contributed by atoms with van der Waals surface area (Å²) in [5.41, 5.74) is 3.24. The summed E-state index contributed by atoms with van der Waals surface area (Å²) in [5.74, 6) is 0. The summed E-state index contributed by atoms with van der Waals surface area (Å²) >= 11 is 0. The fourth-order valence-corrected chi connectivity index (χ4v) is 1.89. The van der Waals surface area contributed by atoms with E-state index in [0.717, 1.165) is 16.8 Å². The third-order valence-corrected chi connectivity index (χ3v) is 2.76. The molecule has 4 heteroatoms. The topological polar surface area (TPSA) is 36.3 Å². The van der Waals surface area contributed by atoms with Gasteiger partial charge in [-0.1, -0.05) is 12.1 Å². The number of ether oxygens (including phenoxy) is 2. The van der Waals surface area contributed by atoms with Crippen molar-refractivity contribution in [3.05, 3.63) is 47.8 Å². The Morgan fingerprint density at radius 1 is 1.18 bits per heavy atom. The van der Waals surface area contributed by atoms with Crippen LogP contribution < -0.4 is 0 Å². The van der Waals surface area contributed by atoms with E-state index in [1.807, 2.05) is 48.3 Å². The number of aromatic nitrogens is 2. The zero-order valence-electron chi connectivity index (χ0n) is 9.67. The number of hydrogen-bond acceptors (Lipinski definition) is 3. The summed E-state index contributed by atoms with van der Waals surface area (Å²) in [5, 5.41) is 4.27. The van der Waals surface area contributed by atoms with Crippen LogP contribution in [-0.4, -0.2) is 23.0 Å². The highest BCUT2D eigenvalue weighted by Crippen LogP contribution is 2.23. The highest BCUT2D eigenvalue weighted by Gasteiger charge is 2.17. The van der Waals surface area contributed by atoms with E-state index < -0.39 is 0 Å². The van der Waals surface area contributed by atoms with Gasteiger partial charge in [0.2, 0.25) is 0 Å². The van der Waals surface area contributed by atoms with Crippen LogP contribution in [0.5, 0.6) is 0 Å². The van der Waals surface area contributed by atoms with E-state index in [9.17, 15) is 0 Å². The molecule has 1 aliphatic heterocycles. The molecule has 2 heterocycles. The van der Waals surface area contributed by atoms with Gasteiger partial charge in [-0.25, -0.2) is 4.68 Å². The summed E-state index contributed by atoms with van der Waals surface area (Å²) in [6, 6.07) is 8.07. The van der Waals surface area contributed by atoms with Crippen molar-refractivity contribution in [3.63, 3.8) is 0 Å². The van der Waals surface area contributed by atoms with E-state index in [1.165, 1.54) is 0 Å². The molecule has 0 radical (unpaired) electrons. The van der Waals surface area contributed by atoms with Crippen molar-refractivity contribution in [1.29, 1.82) is 0 Å². The fraction of sp³-hybridized carbons (Fsp3) is 0.308. The van der Waals surface area contributed by atoms with E-state index in [2.05, 4.69) is 5.10 Å². The number of rotatable bonds is 2.